The van der Waals surface area contributed by atoms with Crippen molar-refractivity contribution in [3.05, 3.63) is 36.0 Å². The molecule has 5 nitrogen and oxygen atoms in total. The SMILES string of the molecule is O=C1CCC(c2noc3ccc4cc(OCCCC5CCCCC5)ccc4c23)C(=O)C1. The number of ether oxygens (including phenoxy) is 1. The lowest BCUT2D eigenvalue weighted by Gasteiger charge is -2.21. The third-order valence-electron chi connectivity index (χ3n) is 7.00. The van der Waals surface area contributed by atoms with Crippen LogP contribution in [0.4, 0.5) is 0 Å². The molecule has 162 valence electrons. The molecule has 1 atom stereocenters. The predicted molar refractivity (Wildman–Crippen MR) is 119 cm³/mol. The summed E-state index contributed by atoms with van der Waals surface area (Å²) < 4.78 is 11.6. The van der Waals surface area contributed by atoms with Crippen molar-refractivity contribution in [3.63, 3.8) is 0 Å². The largest absolute Gasteiger partial charge is 0.494 e. The number of ketones is 2. The summed E-state index contributed by atoms with van der Waals surface area (Å²) in [6.07, 6.45) is 10.2. The van der Waals surface area contributed by atoms with Crippen molar-refractivity contribution in [2.45, 2.75) is 70.1 Å². The number of nitrogens with zero attached hydrogens (tertiary/aromatic N) is 1. The van der Waals surface area contributed by atoms with Crippen LogP contribution in [0, 0.1) is 5.92 Å². The van der Waals surface area contributed by atoms with Crippen molar-refractivity contribution in [1.29, 1.82) is 0 Å². The van der Waals surface area contributed by atoms with Gasteiger partial charge in [0.25, 0.3) is 0 Å². The molecule has 2 aliphatic rings. The van der Waals surface area contributed by atoms with Gasteiger partial charge in [0.1, 0.15) is 23.0 Å². The Balaban J connectivity index is 1.33. The van der Waals surface area contributed by atoms with Gasteiger partial charge in [-0.25, -0.2) is 0 Å². The van der Waals surface area contributed by atoms with Gasteiger partial charge in [0, 0.05) is 6.42 Å². The molecule has 1 heterocycles. The predicted octanol–water partition coefficient (Wildman–Crippen LogP) is 6.13. The molecule has 0 saturated heterocycles. The fourth-order valence-electron chi connectivity index (χ4n) is 5.30. The van der Waals surface area contributed by atoms with Crippen LogP contribution in [0.1, 0.15) is 75.8 Å². The van der Waals surface area contributed by atoms with E-state index >= 15 is 0 Å². The number of Topliss-reactive ketones (excluding diaryl/α,β-unsaturated/α-hetero) is 2. The van der Waals surface area contributed by atoms with E-state index in [0.717, 1.165) is 40.9 Å². The zero-order valence-corrected chi connectivity index (χ0v) is 17.9. The van der Waals surface area contributed by atoms with Crippen molar-refractivity contribution >= 4 is 33.3 Å². The van der Waals surface area contributed by atoms with Gasteiger partial charge in [-0.15, -0.1) is 0 Å². The van der Waals surface area contributed by atoms with Crippen LogP contribution in [0.5, 0.6) is 5.75 Å². The van der Waals surface area contributed by atoms with Crippen LogP contribution in [-0.2, 0) is 9.59 Å². The average molecular weight is 420 g/mol. The molecule has 31 heavy (non-hydrogen) atoms. The molecule has 2 fully saturated rings. The summed E-state index contributed by atoms with van der Waals surface area (Å²) in [4.78, 5) is 24.1. The Labute approximate surface area is 182 Å². The Kier molecular flexibility index (Phi) is 5.75. The highest BCUT2D eigenvalue weighted by molar-refractivity contribution is 6.11. The fourth-order valence-corrected chi connectivity index (χ4v) is 5.30. The van der Waals surface area contributed by atoms with Gasteiger partial charge >= 0.3 is 0 Å². The quantitative estimate of drug-likeness (QED) is 0.355. The molecular formula is C26H29NO4. The first-order valence-electron chi connectivity index (χ1n) is 11.7. The van der Waals surface area contributed by atoms with Gasteiger partial charge in [-0.1, -0.05) is 43.3 Å². The van der Waals surface area contributed by atoms with Gasteiger partial charge in [-0.3, -0.25) is 9.59 Å². The number of rotatable bonds is 6. The van der Waals surface area contributed by atoms with Crippen LogP contribution in [-0.4, -0.2) is 23.3 Å². The standard InChI is InChI=1S/C26H29NO4/c28-19-9-11-22(23(29)16-19)26-25-21-12-10-20(15-18(21)8-13-24(25)31-27-26)30-14-4-7-17-5-2-1-3-6-17/h8,10,12-13,15,17,22H,1-7,9,11,14,16H2. The van der Waals surface area contributed by atoms with Gasteiger partial charge in [0.15, 0.2) is 5.58 Å². The number of hydrogen-bond donors (Lipinski definition) is 0. The molecule has 5 rings (SSSR count). The lowest BCUT2D eigenvalue weighted by Crippen LogP contribution is -2.23. The molecule has 0 amide bonds. The minimum atomic E-state index is -0.361. The second-order valence-corrected chi connectivity index (χ2v) is 9.16. The van der Waals surface area contributed by atoms with Crippen molar-refractivity contribution in [2.24, 2.45) is 5.92 Å². The summed E-state index contributed by atoms with van der Waals surface area (Å²) in [7, 11) is 0. The first-order chi connectivity index (χ1) is 15.2. The molecule has 0 radical (unpaired) electrons. The third kappa shape index (κ3) is 4.23. The monoisotopic (exact) mass is 419 g/mol. The highest BCUT2D eigenvalue weighted by Gasteiger charge is 2.32. The molecule has 0 aliphatic heterocycles. The Morgan fingerprint density at radius 1 is 1.03 bits per heavy atom. The Morgan fingerprint density at radius 3 is 2.74 bits per heavy atom. The Morgan fingerprint density at radius 2 is 1.90 bits per heavy atom. The van der Waals surface area contributed by atoms with E-state index in [1.54, 1.807) is 0 Å². The fraction of sp³-hybridized carbons (Fsp3) is 0.500. The second kappa shape index (κ2) is 8.81. The van der Waals surface area contributed by atoms with Crippen molar-refractivity contribution < 1.29 is 18.8 Å². The van der Waals surface area contributed by atoms with E-state index in [1.807, 2.05) is 24.3 Å². The molecule has 2 aromatic carbocycles. The minimum absolute atomic E-state index is 0.00261. The smallest absolute Gasteiger partial charge is 0.167 e. The molecule has 1 aromatic heterocycles. The normalized spacial score (nSPS) is 20.6. The van der Waals surface area contributed by atoms with Crippen LogP contribution in [0.15, 0.2) is 34.9 Å². The van der Waals surface area contributed by atoms with Gasteiger partial charge in [0.2, 0.25) is 0 Å². The highest BCUT2D eigenvalue weighted by atomic mass is 16.5. The lowest BCUT2D eigenvalue weighted by atomic mass is 9.83. The number of aromatic nitrogens is 1. The number of fused-ring (bicyclic) bond motifs is 3. The zero-order valence-electron chi connectivity index (χ0n) is 17.9. The summed E-state index contributed by atoms with van der Waals surface area (Å²) in [6.45, 7) is 0.743. The average Bonchev–Trinajstić information content (AvgIpc) is 3.21. The van der Waals surface area contributed by atoms with Gasteiger partial charge < -0.3 is 9.26 Å². The molecule has 2 saturated carbocycles. The van der Waals surface area contributed by atoms with Gasteiger partial charge in [-0.05, 0) is 60.2 Å². The van der Waals surface area contributed by atoms with Crippen LogP contribution in [0.2, 0.25) is 0 Å². The topological polar surface area (TPSA) is 69.4 Å². The number of benzene rings is 2. The molecular weight excluding hydrogens is 390 g/mol. The van der Waals surface area contributed by atoms with E-state index in [4.69, 9.17) is 9.26 Å². The van der Waals surface area contributed by atoms with E-state index < -0.39 is 0 Å². The second-order valence-electron chi connectivity index (χ2n) is 9.16. The number of hydrogen-bond acceptors (Lipinski definition) is 5. The van der Waals surface area contributed by atoms with E-state index in [0.29, 0.717) is 24.1 Å². The van der Waals surface area contributed by atoms with Crippen molar-refractivity contribution in [2.75, 3.05) is 6.61 Å². The molecule has 1 unspecified atom stereocenters. The molecule has 0 bridgehead atoms. The maximum absolute atomic E-state index is 12.5. The number of carbonyl (C=O) groups excluding carboxylic acids is 2. The van der Waals surface area contributed by atoms with E-state index in [2.05, 4.69) is 11.2 Å². The van der Waals surface area contributed by atoms with Crippen molar-refractivity contribution in [1.82, 2.24) is 5.16 Å². The summed E-state index contributed by atoms with van der Waals surface area (Å²) in [5.41, 5.74) is 1.34. The Bertz CT molecular complexity index is 1110. The molecule has 3 aromatic rings. The molecule has 0 spiro atoms. The third-order valence-corrected chi connectivity index (χ3v) is 7.00. The maximum Gasteiger partial charge on any atom is 0.167 e. The molecule has 0 N–H and O–H groups in total. The first kappa shape index (κ1) is 20.2. The van der Waals surface area contributed by atoms with Crippen LogP contribution >= 0.6 is 0 Å². The lowest BCUT2D eigenvalue weighted by molar-refractivity contribution is -0.130. The zero-order chi connectivity index (χ0) is 21.2. The van der Waals surface area contributed by atoms with Crippen molar-refractivity contribution in [3.8, 4) is 5.75 Å². The summed E-state index contributed by atoms with van der Waals surface area (Å²) in [5, 5.41) is 7.17. The summed E-state index contributed by atoms with van der Waals surface area (Å²) in [6, 6.07) is 9.99. The van der Waals surface area contributed by atoms with Gasteiger partial charge in [-0.2, -0.15) is 0 Å². The first-order valence-corrected chi connectivity index (χ1v) is 11.7. The molecule has 5 heteroatoms. The Hall–Kier alpha value is -2.69. The van der Waals surface area contributed by atoms with E-state index in [-0.39, 0.29) is 23.9 Å². The minimum Gasteiger partial charge on any atom is -0.494 e. The summed E-state index contributed by atoms with van der Waals surface area (Å²) in [5.74, 6) is 1.35. The highest BCUT2D eigenvalue weighted by Crippen LogP contribution is 2.37. The van der Waals surface area contributed by atoms with Gasteiger partial charge in [0.05, 0.1) is 24.3 Å². The van der Waals surface area contributed by atoms with Crippen LogP contribution in [0.25, 0.3) is 21.7 Å². The van der Waals surface area contributed by atoms with Crippen LogP contribution in [0.3, 0.4) is 0 Å². The summed E-state index contributed by atoms with van der Waals surface area (Å²) >= 11 is 0. The maximum atomic E-state index is 12.5. The van der Waals surface area contributed by atoms with Crippen LogP contribution < -0.4 is 4.74 Å². The molecule has 2 aliphatic carbocycles. The van der Waals surface area contributed by atoms with E-state index in [1.165, 1.54) is 38.5 Å². The number of carbonyl (C=O) groups is 2. The van der Waals surface area contributed by atoms with E-state index in [9.17, 15) is 9.59 Å².